The van der Waals surface area contributed by atoms with Crippen LogP contribution in [0.4, 0.5) is 11.6 Å². The van der Waals surface area contributed by atoms with Crippen LogP contribution in [0.3, 0.4) is 0 Å². The third-order valence-corrected chi connectivity index (χ3v) is 8.80. The van der Waals surface area contributed by atoms with Gasteiger partial charge in [-0.15, -0.1) is 0 Å². The number of carbonyl (C=O) groups is 1. The third-order valence-electron chi connectivity index (χ3n) is 6.82. The number of amides is 1. The van der Waals surface area contributed by atoms with Gasteiger partial charge in [0.25, 0.3) is 5.91 Å². The molecule has 0 aliphatic carbocycles. The Balaban J connectivity index is 1.73. The third kappa shape index (κ3) is 7.00. The molecule has 39 heavy (non-hydrogen) atoms. The average Bonchev–Trinajstić information content (AvgIpc) is 3.14. The number of anilines is 2. The summed E-state index contributed by atoms with van der Waals surface area (Å²) in [5, 5.41) is 0.625. The number of nitrogen functional groups attached to an aromatic ring is 1. The smallest absolute Gasteiger partial charge is 0.265 e. The Bertz CT molecular complexity index is 1350. The Morgan fingerprint density at radius 3 is 2.59 bits per heavy atom. The van der Waals surface area contributed by atoms with Crippen LogP contribution in [0.5, 0.6) is 5.75 Å². The van der Waals surface area contributed by atoms with Crippen molar-refractivity contribution in [1.82, 2.24) is 14.7 Å². The number of hydrogen-bond donors (Lipinski definition) is 2. The Hall–Kier alpha value is -2.91. The van der Waals surface area contributed by atoms with Gasteiger partial charge in [0, 0.05) is 34.3 Å². The number of thioether (sulfide) groups is 1. The first kappa shape index (κ1) is 29.1. The summed E-state index contributed by atoms with van der Waals surface area (Å²) >= 11 is 3.01. The van der Waals surface area contributed by atoms with E-state index in [0.29, 0.717) is 34.7 Å². The topological polar surface area (TPSA) is 93.4 Å². The van der Waals surface area contributed by atoms with Crippen LogP contribution in [-0.2, 0) is 0 Å². The molecule has 0 bridgehead atoms. The Morgan fingerprint density at radius 1 is 1.15 bits per heavy atom. The zero-order chi connectivity index (χ0) is 28.4. The van der Waals surface area contributed by atoms with Crippen LogP contribution < -0.4 is 20.1 Å². The molecule has 1 unspecified atom stereocenters. The summed E-state index contributed by atoms with van der Waals surface area (Å²) in [4.78, 5) is 25.3. The highest BCUT2D eigenvalue weighted by Gasteiger charge is 2.46. The lowest BCUT2D eigenvalue weighted by Crippen LogP contribution is -2.40. The summed E-state index contributed by atoms with van der Waals surface area (Å²) < 4.78 is 9.03. The van der Waals surface area contributed by atoms with Gasteiger partial charge < -0.3 is 15.4 Å². The average molecular weight is 566 g/mol. The highest BCUT2D eigenvalue weighted by Crippen LogP contribution is 2.45. The predicted octanol–water partition coefficient (Wildman–Crippen LogP) is 6.62. The van der Waals surface area contributed by atoms with Gasteiger partial charge in [0.15, 0.2) is 0 Å². The standard InChI is InChI=1S/C30H39N5O2S2/c1-19(2)16-37-22-14-20(3)13-21(15-22)24-12-11-23(28(36)34-39-26-10-8-9-25(31)33-26)27(32-24)35-18-30(6,38-7)17-29(35,4)5/h8-15,19H,16-18H2,1-7H3,(H2,31,33)(H,34,36). The molecule has 1 fully saturated rings. The fraction of sp³-hybridized carbons (Fsp3) is 0.433. The molecule has 1 saturated heterocycles. The second-order valence-corrected chi connectivity index (χ2v) is 13.7. The van der Waals surface area contributed by atoms with Crippen molar-refractivity contribution in [3.05, 3.63) is 59.7 Å². The predicted molar refractivity (Wildman–Crippen MR) is 165 cm³/mol. The van der Waals surface area contributed by atoms with E-state index in [1.54, 1.807) is 6.07 Å². The Labute approximate surface area is 240 Å². The van der Waals surface area contributed by atoms with Crippen LogP contribution in [0, 0.1) is 12.8 Å². The zero-order valence-corrected chi connectivity index (χ0v) is 25.5. The minimum atomic E-state index is -0.225. The van der Waals surface area contributed by atoms with Crippen molar-refractivity contribution >= 4 is 41.3 Å². The number of benzene rings is 1. The molecule has 3 N–H and O–H groups in total. The highest BCUT2D eigenvalue weighted by molar-refractivity contribution is 8.00. The molecule has 1 aromatic carbocycles. The number of hydrogen-bond acceptors (Lipinski definition) is 8. The lowest BCUT2D eigenvalue weighted by molar-refractivity contribution is 0.0984. The minimum absolute atomic E-state index is 0.0519. The van der Waals surface area contributed by atoms with Gasteiger partial charge in [-0.25, -0.2) is 9.97 Å². The van der Waals surface area contributed by atoms with Gasteiger partial charge in [0.2, 0.25) is 0 Å². The molecule has 7 nitrogen and oxygen atoms in total. The van der Waals surface area contributed by atoms with Crippen LogP contribution in [0.15, 0.2) is 53.6 Å². The number of carbonyl (C=O) groups excluding carboxylic acids is 1. The summed E-state index contributed by atoms with van der Waals surface area (Å²) in [5.41, 5.74) is 9.02. The number of rotatable bonds is 9. The summed E-state index contributed by atoms with van der Waals surface area (Å²) in [5.74, 6) is 2.12. The van der Waals surface area contributed by atoms with Crippen molar-refractivity contribution in [3.63, 3.8) is 0 Å². The van der Waals surface area contributed by atoms with Gasteiger partial charge in [-0.05, 0) is 94.3 Å². The van der Waals surface area contributed by atoms with E-state index in [1.807, 2.05) is 48.2 Å². The van der Waals surface area contributed by atoms with Crippen LogP contribution >= 0.6 is 23.7 Å². The number of ether oxygens (including phenoxy) is 1. The molecule has 1 atom stereocenters. The fourth-order valence-corrected chi connectivity index (χ4v) is 6.35. The maximum absolute atomic E-state index is 13.5. The molecule has 0 saturated carbocycles. The van der Waals surface area contributed by atoms with E-state index >= 15 is 0 Å². The Kier molecular flexibility index (Phi) is 8.71. The number of pyridine rings is 2. The molecular weight excluding hydrogens is 526 g/mol. The molecular formula is C30H39N5O2S2. The molecule has 9 heteroatoms. The van der Waals surface area contributed by atoms with E-state index in [0.717, 1.165) is 47.5 Å². The molecule has 3 aromatic rings. The van der Waals surface area contributed by atoms with Gasteiger partial charge >= 0.3 is 0 Å². The lowest BCUT2D eigenvalue weighted by atomic mass is 9.96. The van der Waals surface area contributed by atoms with Gasteiger partial charge in [-0.1, -0.05) is 19.9 Å². The van der Waals surface area contributed by atoms with Crippen molar-refractivity contribution in [1.29, 1.82) is 0 Å². The molecule has 2 aromatic heterocycles. The maximum Gasteiger partial charge on any atom is 0.265 e. The summed E-state index contributed by atoms with van der Waals surface area (Å²) in [7, 11) is 0. The van der Waals surface area contributed by atoms with Crippen LogP contribution in [-0.4, -0.2) is 45.6 Å². The van der Waals surface area contributed by atoms with E-state index in [9.17, 15) is 4.79 Å². The monoisotopic (exact) mass is 565 g/mol. The largest absolute Gasteiger partial charge is 0.493 e. The summed E-state index contributed by atoms with van der Waals surface area (Å²) in [6, 6.07) is 15.3. The lowest BCUT2D eigenvalue weighted by Gasteiger charge is -2.33. The molecule has 1 amide bonds. The molecule has 1 aliphatic rings. The van der Waals surface area contributed by atoms with Crippen molar-refractivity contribution in [2.45, 2.75) is 63.3 Å². The molecule has 1 aliphatic heterocycles. The van der Waals surface area contributed by atoms with Crippen LogP contribution in [0.1, 0.15) is 57.0 Å². The van der Waals surface area contributed by atoms with Gasteiger partial charge in [0.05, 0.1) is 17.9 Å². The summed E-state index contributed by atoms with van der Waals surface area (Å²) in [6.07, 6.45) is 3.13. The SMILES string of the molecule is CSC1(C)CN(c2nc(-c3cc(C)cc(OCC(C)C)c3)ccc2C(=O)NSc2cccc(N)n2)C(C)(C)C1. The first-order valence-electron chi connectivity index (χ1n) is 13.2. The van der Waals surface area contributed by atoms with Crippen molar-refractivity contribution in [3.8, 4) is 17.0 Å². The molecule has 0 radical (unpaired) electrons. The summed E-state index contributed by atoms with van der Waals surface area (Å²) in [6.45, 7) is 14.5. The van der Waals surface area contributed by atoms with Crippen molar-refractivity contribution < 1.29 is 9.53 Å². The van der Waals surface area contributed by atoms with Gasteiger partial charge in [0.1, 0.15) is 22.4 Å². The van der Waals surface area contributed by atoms with E-state index in [4.69, 9.17) is 15.5 Å². The van der Waals surface area contributed by atoms with Crippen molar-refractivity contribution in [2.24, 2.45) is 5.92 Å². The first-order chi connectivity index (χ1) is 18.4. The van der Waals surface area contributed by atoms with Crippen molar-refractivity contribution in [2.75, 3.05) is 30.0 Å². The number of aryl methyl sites for hydroxylation is 1. The van der Waals surface area contributed by atoms with Gasteiger partial charge in [-0.2, -0.15) is 11.8 Å². The van der Waals surface area contributed by atoms with Crippen LogP contribution in [0.2, 0.25) is 0 Å². The first-order valence-corrected chi connectivity index (χ1v) is 15.2. The zero-order valence-electron chi connectivity index (χ0n) is 23.9. The second-order valence-electron chi connectivity index (χ2n) is 11.5. The molecule has 4 rings (SSSR count). The number of nitrogens with one attached hydrogen (secondary N) is 1. The van der Waals surface area contributed by atoms with Crippen LogP contribution in [0.25, 0.3) is 11.3 Å². The molecule has 208 valence electrons. The second kappa shape index (κ2) is 11.7. The fourth-order valence-electron chi connectivity index (χ4n) is 4.99. The number of aromatic nitrogens is 2. The molecule has 3 heterocycles. The van der Waals surface area contributed by atoms with E-state index in [2.05, 4.69) is 68.5 Å². The normalized spacial score (nSPS) is 18.4. The van der Waals surface area contributed by atoms with E-state index < -0.39 is 0 Å². The van der Waals surface area contributed by atoms with Gasteiger partial charge in [-0.3, -0.25) is 9.52 Å². The highest BCUT2D eigenvalue weighted by atomic mass is 32.2. The quantitative estimate of drug-likeness (QED) is 0.280. The van der Waals surface area contributed by atoms with E-state index in [1.165, 1.54) is 0 Å². The Morgan fingerprint density at radius 2 is 1.92 bits per heavy atom. The number of nitrogens with two attached hydrogens (primary N) is 1. The van der Waals surface area contributed by atoms with E-state index in [-0.39, 0.29) is 16.2 Å². The number of nitrogens with zero attached hydrogens (tertiary/aromatic N) is 3. The molecule has 0 spiro atoms. The maximum atomic E-state index is 13.5. The minimum Gasteiger partial charge on any atom is -0.493 e.